The summed E-state index contributed by atoms with van der Waals surface area (Å²) in [5.74, 6) is -0.280. The standard InChI is InChI=1S/C22H18BrN7O3S/c1-27-19-18(20(32)28(2)22(27)33)29(12-25-19)11-17(31)30(10-13-4-3-7-24-9-13)21-26-15-6-5-14(23)8-16(15)34-21/h3-9,12H,10-11H2,1-2H3. The van der Waals surface area contributed by atoms with Crippen LogP contribution in [0, 0.1) is 0 Å². The third-order valence-corrected chi connectivity index (χ3v) is 6.99. The lowest BCUT2D eigenvalue weighted by molar-refractivity contribution is -0.119. The summed E-state index contributed by atoms with van der Waals surface area (Å²) in [6.45, 7) is 0.112. The summed E-state index contributed by atoms with van der Waals surface area (Å²) in [6.07, 6.45) is 4.77. The molecule has 1 aromatic carbocycles. The van der Waals surface area contributed by atoms with E-state index in [9.17, 15) is 14.4 Å². The zero-order chi connectivity index (χ0) is 24.0. The Morgan fingerprint density at radius 3 is 2.76 bits per heavy atom. The first-order valence-corrected chi connectivity index (χ1v) is 11.8. The Morgan fingerprint density at radius 1 is 1.18 bits per heavy atom. The van der Waals surface area contributed by atoms with E-state index in [4.69, 9.17) is 0 Å². The lowest BCUT2D eigenvalue weighted by atomic mass is 10.2. The molecule has 0 aliphatic rings. The van der Waals surface area contributed by atoms with Crippen LogP contribution in [0.25, 0.3) is 21.4 Å². The number of pyridine rings is 1. The maximum Gasteiger partial charge on any atom is 0.332 e. The van der Waals surface area contributed by atoms with Crippen LogP contribution in [-0.4, -0.2) is 34.6 Å². The Morgan fingerprint density at radius 2 is 2.00 bits per heavy atom. The zero-order valence-electron chi connectivity index (χ0n) is 18.2. The van der Waals surface area contributed by atoms with Gasteiger partial charge >= 0.3 is 5.69 Å². The number of aryl methyl sites for hydroxylation is 1. The van der Waals surface area contributed by atoms with Gasteiger partial charge in [-0.3, -0.25) is 28.6 Å². The molecule has 5 aromatic rings. The highest BCUT2D eigenvalue weighted by Gasteiger charge is 2.23. The number of carbonyl (C=O) groups excluding carboxylic acids is 1. The third-order valence-electron chi connectivity index (χ3n) is 5.46. The number of anilines is 1. The molecule has 10 nitrogen and oxygen atoms in total. The van der Waals surface area contributed by atoms with Crippen LogP contribution >= 0.6 is 27.3 Å². The summed E-state index contributed by atoms with van der Waals surface area (Å²) in [6, 6.07) is 9.43. The predicted octanol–water partition coefficient (Wildman–Crippen LogP) is 2.43. The highest BCUT2D eigenvalue weighted by Crippen LogP contribution is 2.32. The highest BCUT2D eigenvalue weighted by atomic mass is 79.9. The van der Waals surface area contributed by atoms with Gasteiger partial charge in [-0.25, -0.2) is 14.8 Å². The Kier molecular flexibility index (Phi) is 5.62. The van der Waals surface area contributed by atoms with E-state index in [1.807, 2.05) is 24.3 Å². The molecule has 0 atom stereocenters. The molecule has 0 bridgehead atoms. The Bertz CT molecular complexity index is 1670. The molecule has 4 heterocycles. The highest BCUT2D eigenvalue weighted by molar-refractivity contribution is 9.10. The molecule has 12 heteroatoms. The fourth-order valence-electron chi connectivity index (χ4n) is 3.69. The van der Waals surface area contributed by atoms with Crippen LogP contribution in [-0.2, 0) is 32.0 Å². The molecule has 0 aliphatic carbocycles. The first-order valence-electron chi connectivity index (χ1n) is 10.2. The molecule has 0 saturated carbocycles. The Labute approximate surface area is 204 Å². The molecule has 34 heavy (non-hydrogen) atoms. The van der Waals surface area contributed by atoms with Crippen molar-refractivity contribution in [3.05, 3.63) is 79.9 Å². The molecular formula is C22H18BrN7O3S. The molecule has 0 saturated heterocycles. The predicted molar refractivity (Wildman–Crippen MR) is 133 cm³/mol. The van der Waals surface area contributed by atoms with Gasteiger partial charge in [-0.2, -0.15) is 0 Å². The summed E-state index contributed by atoms with van der Waals surface area (Å²) in [5.41, 5.74) is 1.05. The van der Waals surface area contributed by atoms with Crippen molar-refractivity contribution in [2.24, 2.45) is 14.1 Å². The van der Waals surface area contributed by atoms with Crippen LogP contribution in [0.5, 0.6) is 0 Å². The number of carbonyl (C=O) groups is 1. The molecule has 172 valence electrons. The zero-order valence-corrected chi connectivity index (χ0v) is 20.6. The van der Waals surface area contributed by atoms with E-state index in [1.165, 1.54) is 40.9 Å². The Balaban J connectivity index is 1.57. The smallest absolute Gasteiger partial charge is 0.315 e. The molecular weight excluding hydrogens is 522 g/mol. The van der Waals surface area contributed by atoms with Gasteiger partial charge in [0.15, 0.2) is 16.3 Å². The van der Waals surface area contributed by atoms with Crippen molar-refractivity contribution in [1.82, 2.24) is 28.7 Å². The number of nitrogens with zero attached hydrogens (tertiary/aromatic N) is 7. The second-order valence-corrected chi connectivity index (χ2v) is 9.62. The third kappa shape index (κ3) is 3.84. The molecule has 0 spiro atoms. The molecule has 5 rings (SSSR count). The molecule has 1 amide bonds. The SMILES string of the molecule is Cn1c(=O)c2c(ncn2CC(=O)N(Cc2cccnc2)c2nc3ccc(Br)cc3s2)n(C)c1=O. The normalized spacial score (nSPS) is 11.4. The number of thiazole rings is 1. The lowest BCUT2D eigenvalue weighted by Crippen LogP contribution is -2.38. The number of rotatable bonds is 5. The number of imidazole rings is 1. The minimum Gasteiger partial charge on any atom is -0.315 e. The summed E-state index contributed by atoms with van der Waals surface area (Å²) in [4.78, 5) is 53.2. The van der Waals surface area contributed by atoms with Crippen molar-refractivity contribution in [3.63, 3.8) is 0 Å². The van der Waals surface area contributed by atoms with Crippen LogP contribution in [0.1, 0.15) is 5.56 Å². The number of halogens is 1. The first-order chi connectivity index (χ1) is 16.3. The molecule has 0 N–H and O–H groups in total. The quantitative estimate of drug-likeness (QED) is 0.339. The van der Waals surface area contributed by atoms with Gasteiger partial charge in [-0.15, -0.1) is 0 Å². The molecule has 4 aromatic heterocycles. The number of hydrogen-bond acceptors (Lipinski definition) is 7. The average molecular weight is 540 g/mol. The number of hydrogen-bond donors (Lipinski definition) is 0. The van der Waals surface area contributed by atoms with Gasteiger partial charge in [-0.05, 0) is 29.8 Å². The van der Waals surface area contributed by atoms with E-state index in [-0.39, 0.29) is 30.2 Å². The fourth-order valence-corrected chi connectivity index (χ4v) is 5.22. The van der Waals surface area contributed by atoms with Gasteiger partial charge in [0.05, 0.1) is 23.1 Å². The molecule has 0 fully saturated rings. The second-order valence-electron chi connectivity index (χ2n) is 7.70. The number of benzene rings is 1. The van der Waals surface area contributed by atoms with Crippen LogP contribution in [0.3, 0.4) is 0 Å². The fraction of sp³-hybridized carbons (Fsp3) is 0.182. The molecule has 0 radical (unpaired) electrons. The van der Waals surface area contributed by atoms with E-state index in [0.717, 1.165) is 24.8 Å². The average Bonchev–Trinajstić information content (AvgIpc) is 3.44. The van der Waals surface area contributed by atoms with Gasteiger partial charge < -0.3 is 4.57 Å². The van der Waals surface area contributed by atoms with Crippen molar-refractivity contribution >= 4 is 59.7 Å². The van der Waals surface area contributed by atoms with E-state index >= 15 is 0 Å². The molecule has 0 unspecified atom stereocenters. The van der Waals surface area contributed by atoms with Crippen LogP contribution in [0.4, 0.5) is 5.13 Å². The number of amides is 1. The minimum atomic E-state index is -0.507. The number of aromatic nitrogens is 6. The minimum absolute atomic E-state index is 0.149. The summed E-state index contributed by atoms with van der Waals surface area (Å²) in [5, 5.41) is 0.534. The van der Waals surface area contributed by atoms with Crippen LogP contribution in [0.2, 0.25) is 0 Å². The monoisotopic (exact) mass is 539 g/mol. The van der Waals surface area contributed by atoms with Crippen molar-refractivity contribution in [2.75, 3.05) is 4.90 Å². The first kappa shape index (κ1) is 22.2. The van der Waals surface area contributed by atoms with E-state index < -0.39 is 11.2 Å². The van der Waals surface area contributed by atoms with E-state index in [2.05, 4.69) is 30.9 Å². The van der Waals surface area contributed by atoms with Gasteiger partial charge in [0, 0.05) is 31.0 Å². The topological polar surface area (TPSA) is 108 Å². The summed E-state index contributed by atoms with van der Waals surface area (Å²) >= 11 is 4.87. The van der Waals surface area contributed by atoms with Crippen molar-refractivity contribution in [3.8, 4) is 0 Å². The van der Waals surface area contributed by atoms with Crippen molar-refractivity contribution in [2.45, 2.75) is 13.1 Å². The second kappa shape index (κ2) is 8.61. The largest absolute Gasteiger partial charge is 0.332 e. The van der Waals surface area contributed by atoms with Crippen LogP contribution < -0.4 is 16.1 Å². The number of fused-ring (bicyclic) bond motifs is 2. The van der Waals surface area contributed by atoms with E-state index in [1.54, 1.807) is 23.4 Å². The summed E-state index contributed by atoms with van der Waals surface area (Å²) < 4.78 is 5.62. The van der Waals surface area contributed by atoms with Gasteiger partial charge in [-0.1, -0.05) is 33.3 Å². The lowest BCUT2D eigenvalue weighted by Gasteiger charge is -2.20. The van der Waals surface area contributed by atoms with Gasteiger partial charge in [0.1, 0.15) is 6.54 Å². The van der Waals surface area contributed by atoms with Crippen molar-refractivity contribution < 1.29 is 4.79 Å². The Hall–Kier alpha value is -3.64. The maximum absolute atomic E-state index is 13.6. The van der Waals surface area contributed by atoms with Crippen molar-refractivity contribution in [1.29, 1.82) is 0 Å². The van der Waals surface area contributed by atoms with E-state index in [0.29, 0.717) is 5.13 Å². The van der Waals surface area contributed by atoms with Crippen LogP contribution in [0.15, 0.2) is 63.1 Å². The summed E-state index contributed by atoms with van der Waals surface area (Å²) in [7, 11) is 2.94. The molecule has 0 aliphatic heterocycles. The van der Waals surface area contributed by atoms with Gasteiger partial charge in [0.25, 0.3) is 5.56 Å². The maximum atomic E-state index is 13.6. The van der Waals surface area contributed by atoms with Gasteiger partial charge in [0.2, 0.25) is 5.91 Å².